The van der Waals surface area contributed by atoms with Crippen molar-refractivity contribution in [3.63, 3.8) is 0 Å². The maximum atomic E-state index is 12.4. The molecule has 2 rings (SSSR count). The lowest BCUT2D eigenvalue weighted by Gasteiger charge is -2.05. The molecule has 0 spiro atoms. The van der Waals surface area contributed by atoms with Crippen LogP contribution in [0.4, 0.5) is 13.2 Å². The summed E-state index contributed by atoms with van der Waals surface area (Å²) in [6.07, 6.45) is -4.44. The second-order valence-corrected chi connectivity index (χ2v) is 3.30. The Bertz CT molecular complexity index is 557. The zero-order chi connectivity index (χ0) is 11.9. The van der Waals surface area contributed by atoms with Gasteiger partial charge < -0.3 is 4.52 Å². The first kappa shape index (κ1) is 10.7. The van der Waals surface area contributed by atoms with Gasteiger partial charge in [0.1, 0.15) is 0 Å². The number of Topliss-reactive ketones (excluding diaryl/α,β-unsaturated/α-hetero) is 1. The van der Waals surface area contributed by atoms with E-state index in [1.165, 1.54) is 6.92 Å². The summed E-state index contributed by atoms with van der Waals surface area (Å²) in [6.45, 7) is 1.22. The van der Waals surface area contributed by atoms with Gasteiger partial charge in [-0.2, -0.15) is 13.2 Å². The fourth-order valence-corrected chi connectivity index (χ4v) is 1.37. The third-order valence-corrected chi connectivity index (χ3v) is 2.13. The van der Waals surface area contributed by atoms with Crippen molar-refractivity contribution in [2.75, 3.05) is 0 Å². The molecule has 0 atom stereocenters. The summed E-state index contributed by atoms with van der Waals surface area (Å²) in [5.74, 6) is -0.432. The number of carbonyl (C=O) groups is 1. The fourth-order valence-electron chi connectivity index (χ4n) is 1.37. The van der Waals surface area contributed by atoms with Crippen LogP contribution in [-0.4, -0.2) is 10.9 Å². The summed E-state index contributed by atoms with van der Waals surface area (Å²) in [4.78, 5) is 11.1. The Kier molecular flexibility index (Phi) is 2.22. The third-order valence-electron chi connectivity index (χ3n) is 2.13. The van der Waals surface area contributed by atoms with Crippen LogP contribution >= 0.6 is 0 Å². The predicted octanol–water partition coefficient (Wildman–Crippen LogP) is 3.05. The van der Waals surface area contributed by atoms with Gasteiger partial charge in [0.25, 0.3) is 0 Å². The fraction of sp³-hybridized carbons (Fsp3) is 0.200. The molecule has 0 aliphatic carbocycles. The Morgan fingerprint density at radius 3 is 2.62 bits per heavy atom. The van der Waals surface area contributed by atoms with Crippen LogP contribution in [0.15, 0.2) is 22.7 Å². The summed E-state index contributed by atoms with van der Waals surface area (Å²) >= 11 is 0. The Labute approximate surface area is 87.8 Å². The average Bonchev–Trinajstić information content (AvgIpc) is 2.58. The Hall–Kier alpha value is -1.85. The molecule has 6 heteroatoms. The molecule has 0 aliphatic heterocycles. The van der Waals surface area contributed by atoms with Crippen molar-refractivity contribution in [1.82, 2.24) is 5.16 Å². The number of alkyl halides is 3. The van der Waals surface area contributed by atoms with Crippen LogP contribution in [0.1, 0.15) is 23.0 Å². The number of hydrogen-bond donors (Lipinski definition) is 0. The largest absolute Gasteiger partial charge is 0.416 e. The smallest absolute Gasteiger partial charge is 0.356 e. The molecular formula is C10H6F3NO2. The van der Waals surface area contributed by atoms with Gasteiger partial charge in [-0.15, -0.1) is 0 Å². The zero-order valence-corrected chi connectivity index (χ0v) is 8.13. The van der Waals surface area contributed by atoms with Gasteiger partial charge in [0.2, 0.25) is 0 Å². The van der Waals surface area contributed by atoms with Crippen LogP contribution in [0.5, 0.6) is 0 Å². The molecule has 0 bridgehead atoms. The van der Waals surface area contributed by atoms with Gasteiger partial charge in [-0.05, 0) is 18.2 Å². The lowest BCUT2D eigenvalue weighted by atomic mass is 10.1. The molecule has 0 aliphatic rings. The quantitative estimate of drug-likeness (QED) is 0.706. The van der Waals surface area contributed by atoms with Gasteiger partial charge in [0, 0.05) is 6.92 Å². The molecule has 0 radical (unpaired) electrons. The number of rotatable bonds is 1. The standard InChI is InChI=1S/C10H6F3NO2/c1-5(15)9-7-4-6(10(11,12)13)2-3-8(7)16-14-9/h2-4H,1H3. The van der Waals surface area contributed by atoms with Crippen molar-refractivity contribution in [2.45, 2.75) is 13.1 Å². The van der Waals surface area contributed by atoms with E-state index in [0.717, 1.165) is 18.2 Å². The van der Waals surface area contributed by atoms with Gasteiger partial charge in [-0.25, -0.2) is 0 Å². The first-order valence-electron chi connectivity index (χ1n) is 4.37. The number of carbonyl (C=O) groups excluding carboxylic acids is 1. The van der Waals surface area contributed by atoms with E-state index in [1.807, 2.05) is 0 Å². The highest BCUT2D eigenvalue weighted by atomic mass is 19.4. The van der Waals surface area contributed by atoms with E-state index in [1.54, 1.807) is 0 Å². The van der Waals surface area contributed by atoms with E-state index in [9.17, 15) is 18.0 Å². The zero-order valence-electron chi connectivity index (χ0n) is 8.13. The van der Waals surface area contributed by atoms with Crippen molar-refractivity contribution in [3.05, 3.63) is 29.5 Å². The van der Waals surface area contributed by atoms with Gasteiger partial charge in [0.05, 0.1) is 10.9 Å². The third kappa shape index (κ3) is 1.66. The van der Waals surface area contributed by atoms with Gasteiger partial charge in [0.15, 0.2) is 17.1 Å². The Morgan fingerprint density at radius 2 is 2.06 bits per heavy atom. The molecule has 0 fully saturated rings. The molecule has 84 valence electrons. The number of ketones is 1. The lowest BCUT2D eigenvalue weighted by molar-refractivity contribution is -0.137. The maximum absolute atomic E-state index is 12.4. The van der Waals surface area contributed by atoms with Gasteiger partial charge in [-0.3, -0.25) is 4.79 Å². The molecule has 1 heterocycles. The average molecular weight is 229 g/mol. The number of halogens is 3. The molecule has 1 aromatic heterocycles. The maximum Gasteiger partial charge on any atom is 0.416 e. The van der Waals surface area contributed by atoms with Crippen molar-refractivity contribution in [3.8, 4) is 0 Å². The number of nitrogens with zero attached hydrogens (tertiary/aromatic N) is 1. The first-order chi connectivity index (χ1) is 7.39. The van der Waals surface area contributed by atoms with Crippen LogP contribution in [0.25, 0.3) is 11.0 Å². The van der Waals surface area contributed by atoms with E-state index in [0.29, 0.717) is 0 Å². The summed E-state index contributed by atoms with van der Waals surface area (Å²) in [5.41, 5.74) is -0.745. The molecule has 0 unspecified atom stereocenters. The summed E-state index contributed by atoms with van der Waals surface area (Å²) in [7, 11) is 0. The van der Waals surface area contributed by atoms with Crippen LogP contribution in [0, 0.1) is 0 Å². The molecular weight excluding hydrogens is 223 g/mol. The van der Waals surface area contributed by atoms with Gasteiger partial charge in [-0.1, -0.05) is 5.16 Å². The lowest BCUT2D eigenvalue weighted by Crippen LogP contribution is -2.04. The van der Waals surface area contributed by atoms with Crippen molar-refractivity contribution in [1.29, 1.82) is 0 Å². The highest BCUT2D eigenvalue weighted by Gasteiger charge is 2.31. The minimum absolute atomic E-state index is 0.0823. The second kappa shape index (κ2) is 3.33. The Morgan fingerprint density at radius 1 is 1.38 bits per heavy atom. The molecule has 2 aromatic rings. The van der Waals surface area contributed by atoms with E-state index in [4.69, 9.17) is 4.52 Å². The first-order valence-corrected chi connectivity index (χ1v) is 4.37. The Balaban J connectivity index is 2.68. The normalized spacial score (nSPS) is 12.0. The predicted molar refractivity (Wildman–Crippen MR) is 49.0 cm³/mol. The van der Waals surface area contributed by atoms with Crippen molar-refractivity contribution in [2.24, 2.45) is 0 Å². The second-order valence-electron chi connectivity index (χ2n) is 3.30. The minimum atomic E-state index is -4.44. The molecule has 3 nitrogen and oxygen atoms in total. The highest BCUT2D eigenvalue weighted by molar-refractivity contribution is 6.04. The van der Waals surface area contributed by atoms with Crippen LogP contribution in [-0.2, 0) is 6.18 Å². The van der Waals surface area contributed by atoms with Crippen LogP contribution in [0.3, 0.4) is 0 Å². The van der Waals surface area contributed by atoms with Crippen LogP contribution in [0.2, 0.25) is 0 Å². The van der Waals surface area contributed by atoms with Gasteiger partial charge >= 0.3 is 6.18 Å². The van der Waals surface area contributed by atoms with E-state index < -0.39 is 17.5 Å². The molecule has 0 amide bonds. The molecule has 1 aromatic carbocycles. The number of aromatic nitrogens is 1. The van der Waals surface area contributed by atoms with Crippen molar-refractivity contribution >= 4 is 16.8 Å². The van der Waals surface area contributed by atoms with Crippen LogP contribution < -0.4 is 0 Å². The minimum Gasteiger partial charge on any atom is -0.356 e. The molecule has 0 saturated carbocycles. The highest BCUT2D eigenvalue weighted by Crippen LogP contribution is 2.32. The summed E-state index contributed by atoms with van der Waals surface area (Å²) in [6, 6.07) is 2.90. The number of hydrogen-bond acceptors (Lipinski definition) is 3. The molecule has 0 N–H and O–H groups in total. The molecule has 0 saturated heterocycles. The SMILES string of the molecule is CC(=O)c1noc2ccc(C(F)(F)F)cc12. The number of fused-ring (bicyclic) bond motifs is 1. The monoisotopic (exact) mass is 229 g/mol. The summed E-state index contributed by atoms with van der Waals surface area (Å²) in [5, 5.41) is 3.51. The van der Waals surface area contributed by atoms with Crippen molar-refractivity contribution < 1.29 is 22.5 Å². The van der Waals surface area contributed by atoms with E-state index in [-0.39, 0.29) is 16.7 Å². The van der Waals surface area contributed by atoms with E-state index >= 15 is 0 Å². The number of benzene rings is 1. The van der Waals surface area contributed by atoms with E-state index in [2.05, 4.69) is 5.16 Å². The topological polar surface area (TPSA) is 43.1 Å². The summed E-state index contributed by atoms with van der Waals surface area (Å²) < 4.78 is 42.0. The molecule has 16 heavy (non-hydrogen) atoms.